The van der Waals surface area contributed by atoms with Gasteiger partial charge in [0.05, 0.1) is 16.8 Å². The zero-order valence-corrected chi connectivity index (χ0v) is 33.3. The molecule has 1 aliphatic carbocycles. The van der Waals surface area contributed by atoms with Gasteiger partial charge in [-0.1, -0.05) is 212 Å². The fourth-order valence-electron chi connectivity index (χ4n) is 10.0. The molecule has 0 aliphatic heterocycles. The highest BCUT2D eigenvalue weighted by molar-refractivity contribution is 6.20. The first-order valence-corrected chi connectivity index (χ1v) is 21.0. The Morgan fingerprint density at radius 3 is 1.59 bits per heavy atom. The van der Waals surface area contributed by atoms with Gasteiger partial charge < -0.3 is 0 Å². The minimum Gasteiger partial charge on any atom is -0.228 e. The zero-order valence-electron chi connectivity index (χ0n) is 33.3. The summed E-state index contributed by atoms with van der Waals surface area (Å²) in [7, 11) is 0. The van der Waals surface area contributed by atoms with Gasteiger partial charge in [-0.3, -0.25) is 0 Å². The largest absolute Gasteiger partial charge is 0.228 e. The number of hydrogen-bond acceptors (Lipinski definition) is 2. The highest BCUT2D eigenvalue weighted by Gasteiger charge is 2.46. The molecule has 0 radical (unpaired) electrons. The molecule has 1 aromatic heterocycles. The van der Waals surface area contributed by atoms with Crippen molar-refractivity contribution in [3.05, 3.63) is 253 Å². The summed E-state index contributed by atoms with van der Waals surface area (Å²) in [5.74, 6) is 0.702. The van der Waals surface area contributed by atoms with Crippen molar-refractivity contribution in [1.82, 2.24) is 9.97 Å². The van der Waals surface area contributed by atoms with Crippen molar-refractivity contribution >= 4 is 32.3 Å². The average Bonchev–Trinajstić information content (AvgIpc) is 3.64. The average molecular weight is 775 g/mol. The number of hydrogen-bond donors (Lipinski definition) is 0. The van der Waals surface area contributed by atoms with Crippen LogP contribution in [-0.4, -0.2) is 9.97 Å². The van der Waals surface area contributed by atoms with Gasteiger partial charge in [-0.2, -0.15) is 0 Å². The highest BCUT2D eigenvalue weighted by atomic mass is 14.9. The van der Waals surface area contributed by atoms with E-state index in [1.165, 1.54) is 76.8 Å². The number of rotatable bonds is 6. The van der Waals surface area contributed by atoms with Crippen molar-refractivity contribution in [2.24, 2.45) is 0 Å². The van der Waals surface area contributed by atoms with Gasteiger partial charge in [-0.05, 0) is 95.0 Å². The lowest BCUT2D eigenvalue weighted by Crippen LogP contribution is -2.28. The lowest BCUT2D eigenvalue weighted by atomic mass is 9.67. The monoisotopic (exact) mass is 774 g/mol. The molecule has 10 aromatic carbocycles. The van der Waals surface area contributed by atoms with Crippen molar-refractivity contribution in [2.45, 2.75) is 5.41 Å². The van der Waals surface area contributed by atoms with Crippen molar-refractivity contribution in [2.75, 3.05) is 0 Å². The van der Waals surface area contributed by atoms with E-state index in [-0.39, 0.29) is 0 Å². The third kappa shape index (κ3) is 5.57. The smallest absolute Gasteiger partial charge is 0.160 e. The van der Waals surface area contributed by atoms with Crippen LogP contribution < -0.4 is 0 Å². The van der Waals surface area contributed by atoms with Gasteiger partial charge in [-0.25, -0.2) is 9.97 Å². The number of nitrogens with zero attached hydrogens (tertiary/aromatic N) is 2. The maximum atomic E-state index is 5.28. The second kappa shape index (κ2) is 14.1. The quantitative estimate of drug-likeness (QED) is 0.124. The van der Waals surface area contributed by atoms with Crippen LogP contribution in [0.1, 0.15) is 22.3 Å². The minimum atomic E-state index is -0.455. The van der Waals surface area contributed by atoms with Crippen molar-refractivity contribution in [1.29, 1.82) is 0 Å². The molecule has 0 saturated heterocycles. The van der Waals surface area contributed by atoms with Crippen molar-refractivity contribution < 1.29 is 0 Å². The topological polar surface area (TPSA) is 25.8 Å². The molecule has 11 aromatic rings. The summed E-state index contributed by atoms with van der Waals surface area (Å²) in [5.41, 5.74) is 14.4. The van der Waals surface area contributed by atoms with Gasteiger partial charge in [-0.15, -0.1) is 0 Å². The standard InChI is InChI=1S/C59H38N2/c1-4-17-42(18-5-1)58-60-55(40-28-30-41(31-29-40)57-48-25-13-11-19-43(48)36-51-47-24-12-10-16-39(47)32-34-50(51)57)38-56(61-58)44-33-35-54-52(37-44)49-26-14-15-27-53(49)59(54,45-20-6-2-7-21-45)46-22-8-3-9-23-46/h1-38H. The van der Waals surface area contributed by atoms with Crippen LogP contribution in [0.5, 0.6) is 0 Å². The number of fused-ring (bicyclic) bond motifs is 7. The Hall–Kier alpha value is -7.94. The Bertz CT molecular complexity index is 3410. The highest BCUT2D eigenvalue weighted by Crippen LogP contribution is 2.56. The van der Waals surface area contributed by atoms with Crippen molar-refractivity contribution in [3.8, 4) is 56.2 Å². The summed E-state index contributed by atoms with van der Waals surface area (Å²) in [4.78, 5) is 10.5. The molecule has 0 spiro atoms. The Kier molecular flexibility index (Phi) is 8.11. The molecule has 0 saturated carbocycles. The third-order valence-electron chi connectivity index (χ3n) is 12.8. The summed E-state index contributed by atoms with van der Waals surface area (Å²) in [6.45, 7) is 0. The molecule has 0 fully saturated rings. The van der Waals surface area contributed by atoms with E-state index >= 15 is 0 Å². The fourth-order valence-corrected chi connectivity index (χ4v) is 10.0. The van der Waals surface area contributed by atoms with Gasteiger partial charge in [0.15, 0.2) is 5.82 Å². The maximum absolute atomic E-state index is 5.28. The fraction of sp³-hybridized carbons (Fsp3) is 0.0169. The Balaban J connectivity index is 1.02. The zero-order chi connectivity index (χ0) is 40.3. The van der Waals surface area contributed by atoms with E-state index in [1.54, 1.807) is 0 Å². The molecule has 1 aliphatic rings. The van der Waals surface area contributed by atoms with Gasteiger partial charge >= 0.3 is 0 Å². The summed E-state index contributed by atoms with van der Waals surface area (Å²) in [6, 6.07) is 83.5. The third-order valence-corrected chi connectivity index (χ3v) is 12.8. The SMILES string of the molecule is c1ccc(-c2nc(-c3ccc(-c4c5ccccc5cc5c4ccc4ccccc45)cc3)cc(-c3ccc4c(c3)-c3ccccc3C4(c3ccccc3)c3ccccc3)n2)cc1. The van der Waals surface area contributed by atoms with Crippen LogP contribution in [0.25, 0.3) is 88.5 Å². The van der Waals surface area contributed by atoms with E-state index in [0.717, 1.165) is 28.1 Å². The molecule has 0 bridgehead atoms. The van der Waals surface area contributed by atoms with E-state index in [4.69, 9.17) is 9.97 Å². The van der Waals surface area contributed by atoms with Gasteiger partial charge in [0.25, 0.3) is 0 Å². The van der Waals surface area contributed by atoms with E-state index in [1.807, 2.05) is 6.07 Å². The number of benzene rings is 10. The molecule has 61 heavy (non-hydrogen) atoms. The van der Waals surface area contributed by atoms with Crippen LogP contribution in [0.15, 0.2) is 231 Å². The molecule has 2 nitrogen and oxygen atoms in total. The molecular weight excluding hydrogens is 737 g/mol. The van der Waals surface area contributed by atoms with E-state index in [2.05, 4.69) is 224 Å². The van der Waals surface area contributed by atoms with Gasteiger partial charge in [0, 0.05) is 16.7 Å². The lowest BCUT2D eigenvalue weighted by molar-refractivity contribution is 0.768. The summed E-state index contributed by atoms with van der Waals surface area (Å²) in [5, 5.41) is 7.52. The van der Waals surface area contributed by atoms with E-state index < -0.39 is 5.41 Å². The van der Waals surface area contributed by atoms with Gasteiger partial charge in [0.2, 0.25) is 0 Å². The van der Waals surface area contributed by atoms with Crippen molar-refractivity contribution in [3.63, 3.8) is 0 Å². The van der Waals surface area contributed by atoms with Crippen LogP contribution in [-0.2, 0) is 5.41 Å². The van der Waals surface area contributed by atoms with E-state index in [9.17, 15) is 0 Å². The first kappa shape index (κ1) is 35.0. The lowest BCUT2D eigenvalue weighted by Gasteiger charge is -2.33. The Morgan fingerprint density at radius 2 is 0.852 bits per heavy atom. The normalized spacial score (nSPS) is 12.7. The van der Waals surface area contributed by atoms with Crippen LogP contribution in [0.2, 0.25) is 0 Å². The maximum Gasteiger partial charge on any atom is 0.160 e. The molecule has 284 valence electrons. The molecule has 0 amide bonds. The molecular formula is C59H38N2. The Labute approximate surface area is 355 Å². The predicted molar refractivity (Wildman–Crippen MR) is 254 cm³/mol. The first-order chi connectivity index (χ1) is 30.2. The van der Waals surface area contributed by atoms with Crippen LogP contribution in [0.3, 0.4) is 0 Å². The first-order valence-electron chi connectivity index (χ1n) is 21.0. The van der Waals surface area contributed by atoms with Crippen LogP contribution in [0, 0.1) is 0 Å². The summed E-state index contributed by atoms with van der Waals surface area (Å²) in [6.07, 6.45) is 0. The van der Waals surface area contributed by atoms with Crippen LogP contribution >= 0.6 is 0 Å². The molecule has 12 rings (SSSR count). The minimum absolute atomic E-state index is 0.455. The molecule has 0 atom stereocenters. The number of aromatic nitrogens is 2. The Morgan fingerprint density at radius 1 is 0.295 bits per heavy atom. The van der Waals surface area contributed by atoms with Gasteiger partial charge in [0.1, 0.15) is 0 Å². The molecule has 1 heterocycles. The second-order valence-corrected chi connectivity index (χ2v) is 16.0. The van der Waals surface area contributed by atoms with Crippen LogP contribution in [0.4, 0.5) is 0 Å². The molecule has 0 unspecified atom stereocenters. The molecule has 2 heteroatoms. The summed E-state index contributed by atoms with van der Waals surface area (Å²) >= 11 is 0. The molecule has 0 N–H and O–H groups in total. The second-order valence-electron chi connectivity index (χ2n) is 16.0. The van der Waals surface area contributed by atoms with E-state index in [0.29, 0.717) is 5.82 Å². The summed E-state index contributed by atoms with van der Waals surface area (Å²) < 4.78 is 0. The predicted octanol–water partition coefficient (Wildman–Crippen LogP) is 15.0.